The molecule has 0 atom stereocenters. The van der Waals surface area contributed by atoms with Gasteiger partial charge in [0.2, 0.25) is 10.0 Å². The van der Waals surface area contributed by atoms with Crippen LogP contribution in [0, 0.1) is 0 Å². The van der Waals surface area contributed by atoms with Crippen LogP contribution in [-0.4, -0.2) is 36.4 Å². The number of carboxylic acid groups (broad SMARTS) is 1. The molecular weight excluding hydrogens is 346 g/mol. The minimum absolute atomic E-state index is 0.0154. The summed E-state index contributed by atoms with van der Waals surface area (Å²) in [4.78, 5) is 11.0. The third kappa shape index (κ3) is 2.94. The van der Waals surface area contributed by atoms with E-state index in [-0.39, 0.29) is 23.0 Å². The average Bonchev–Trinajstić information content (AvgIpc) is 3.19. The van der Waals surface area contributed by atoms with Gasteiger partial charge >= 0.3 is 5.97 Å². The van der Waals surface area contributed by atoms with Crippen molar-refractivity contribution in [1.29, 1.82) is 0 Å². The molecular formula is C13H14BrNO4S. The van der Waals surface area contributed by atoms with Crippen molar-refractivity contribution in [2.45, 2.75) is 23.8 Å². The predicted octanol–water partition coefficient (Wildman–Crippen LogP) is 2.49. The van der Waals surface area contributed by atoms with Crippen LogP contribution in [0.3, 0.4) is 0 Å². The molecule has 1 aromatic rings. The molecule has 1 saturated carbocycles. The molecule has 5 nitrogen and oxygen atoms in total. The number of nitrogens with zero attached hydrogens (tertiary/aromatic N) is 1. The van der Waals surface area contributed by atoms with Gasteiger partial charge in [0, 0.05) is 17.1 Å². The lowest BCUT2D eigenvalue weighted by Crippen LogP contribution is -2.33. The lowest BCUT2D eigenvalue weighted by Gasteiger charge is -2.21. The summed E-state index contributed by atoms with van der Waals surface area (Å²) in [5.74, 6) is -1.16. The zero-order valence-electron chi connectivity index (χ0n) is 10.6. The van der Waals surface area contributed by atoms with Crippen molar-refractivity contribution in [3.05, 3.63) is 40.9 Å². The maximum Gasteiger partial charge on any atom is 0.335 e. The Kier molecular flexibility index (Phi) is 4.31. The number of benzene rings is 1. The fraction of sp³-hybridized carbons (Fsp3) is 0.308. The largest absolute Gasteiger partial charge is 0.478 e. The van der Waals surface area contributed by atoms with Gasteiger partial charge in [-0.2, -0.15) is 4.31 Å². The minimum atomic E-state index is -3.73. The molecule has 1 aromatic carbocycles. The highest BCUT2D eigenvalue weighted by Gasteiger charge is 2.38. The van der Waals surface area contributed by atoms with E-state index in [1.165, 1.54) is 28.6 Å². The van der Waals surface area contributed by atoms with E-state index in [0.29, 0.717) is 4.47 Å². The zero-order valence-corrected chi connectivity index (χ0v) is 13.0. The molecule has 0 aromatic heterocycles. The van der Waals surface area contributed by atoms with Gasteiger partial charge in [-0.15, -0.1) is 6.58 Å². The second-order valence-corrected chi connectivity index (χ2v) is 7.26. The first-order chi connectivity index (χ1) is 9.37. The lowest BCUT2D eigenvalue weighted by molar-refractivity contribution is 0.0696. The maximum atomic E-state index is 12.7. The van der Waals surface area contributed by atoms with Gasteiger partial charge in [-0.05, 0) is 47.0 Å². The van der Waals surface area contributed by atoms with Crippen LogP contribution in [0.5, 0.6) is 0 Å². The van der Waals surface area contributed by atoms with Crippen LogP contribution in [0.15, 0.2) is 40.2 Å². The van der Waals surface area contributed by atoms with Crippen molar-refractivity contribution in [3.63, 3.8) is 0 Å². The van der Waals surface area contributed by atoms with Crippen molar-refractivity contribution in [3.8, 4) is 0 Å². The Morgan fingerprint density at radius 1 is 1.50 bits per heavy atom. The van der Waals surface area contributed by atoms with Crippen LogP contribution in [-0.2, 0) is 10.0 Å². The van der Waals surface area contributed by atoms with Gasteiger partial charge in [-0.25, -0.2) is 13.2 Å². The SMILES string of the molecule is C=CCN(C1CC1)S(=O)(=O)c1cc(C(=O)O)ccc1Br. The Morgan fingerprint density at radius 3 is 2.65 bits per heavy atom. The van der Waals surface area contributed by atoms with Gasteiger partial charge in [0.1, 0.15) is 0 Å². The number of rotatable bonds is 6. The number of carbonyl (C=O) groups is 1. The summed E-state index contributed by atoms with van der Waals surface area (Å²) in [5.41, 5.74) is -0.0545. The molecule has 20 heavy (non-hydrogen) atoms. The first-order valence-electron chi connectivity index (χ1n) is 6.03. The van der Waals surface area contributed by atoms with Gasteiger partial charge < -0.3 is 5.11 Å². The molecule has 0 unspecified atom stereocenters. The van der Waals surface area contributed by atoms with Crippen molar-refractivity contribution in [1.82, 2.24) is 4.31 Å². The van der Waals surface area contributed by atoms with Crippen LogP contribution in [0.4, 0.5) is 0 Å². The average molecular weight is 360 g/mol. The summed E-state index contributed by atoms with van der Waals surface area (Å²) in [6.07, 6.45) is 3.18. The van der Waals surface area contributed by atoms with Crippen molar-refractivity contribution in [2.24, 2.45) is 0 Å². The van der Waals surface area contributed by atoms with Crippen LogP contribution < -0.4 is 0 Å². The Balaban J connectivity index is 2.49. The van der Waals surface area contributed by atoms with Gasteiger partial charge in [-0.3, -0.25) is 0 Å². The number of aromatic carboxylic acids is 1. The van der Waals surface area contributed by atoms with E-state index >= 15 is 0 Å². The molecule has 7 heteroatoms. The molecule has 1 N–H and O–H groups in total. The molecule has 0 bridgehead atoms. The topological polar surface area (TPSA) is 74.7 Å². The smallest absolute Gasteiger partial charge is 0.335 e. The molecule has 0 saturated heterocycles. The molecule has 2 rings (SSSR count). The van der Waals surface area contributed by atoms with E-state index in [0.717, 1.165) is 12.8 Å². The first kappa shape index (κ1) is 15.2. The Bertz CT molecular complexity index is 652. The quantitative estimate of drug-likeness (QED) is 0.791. The molecule has 0 spiro atoms. The summed E-state index contributed by atoms with van der Waals surface area (Å²) in [6.45, 7) is 3.79. The highest BCUT2D eigenvalue weighted by atomic mass is 79.9. The molecule has 0 heterocycles. The van der Waals surface area contributed by atoms with Gasteiger partial charge in [0.25, 0.3) is 0 Å². The Labute approximate surface area is 126 Å². The fourth-order valence-electron chi connectivity index (χ4n) is 1.89. The number of hydrogen-bond acceptors (Lipinski definition) is 3. The fourth-order valence-corrected chi connectivity index (χ4v) is 4.50. The Hall–Kier alpha value is -1.18. The van der Waals surface area contributed by atoms with Gasteiger partial charge in [0.05, 0.1) is 10.5 Å². The van der Waals surface area contributed by atoms with E-state index in [1.54, 1.807) is 0 Å². The van der Waals surface area contributed by atoms with Gasteiger partial charge in [0.15, 0.2) is 0 Å². The minimum Gasteiger partial charge on any atom is -0.478 e. The second kappa shape index (κ2) is 5.67. The highest BCUT2D eigenvalue weighted by molar-refractivity contribution is 9.10. The summed E-state index contributed by atoms with van der Waals surface area (Å²) in [5, 5.41) is 8.99. The Morgan fingerprint density at radius 2 is 2.15 bits per heavy atom. The molecule has 0 radical (unpaired) electrons. The predicted molar refractivity (Wildman–Crippen MR) is 78.2 cm³/mol. The molecule has 0 aliphatic heterocycles. The number of halogens is 1. The molecule has 108 valence electrons. The standard InChI is InChI=1S/C13H14BrNO4S/c1-2-7-15(10-4-5-10)20(18,19)12-8-9(13(16)17)3-6-11(12)14/h2-3,6,8,10H,1,4-5,7H2,(H,16,17). The first-order valence-corrected chi connectivity index (χ1v) is 8.27. The zero-order chi connectivity index (χ0) is 14.9. The second-order valence-electron chi connectivity index (χ2n) is 4.54. The molecule has 1 aliphatic rings. The van der Waals surface area contributed by atoms with E-state index in [2.05, 4.69) is 22.5 Å². The summed E-state index contributed by atoms with van der Waals surface area (Å²) in [7, 11) is -3.73. The molecule has 1 fully saturated rings. The number of sulfonamides is 1. The van der Waals surface area contributed by atoms with Crippen LogP contribution in [0.25, 0.3) is 0 Å². The normalized spacial score (nSPS) is 15.3. The monoisotopic (exact) mass is 359 g/mol. The highest BCUT2D eigenvalue weighted by Crippen LogP contribution is 2.34. The van der Waals surface area contributed by atoms with E-state index in [1.807, 2.05) is 0 Å². The third-order valence-corrected chi connectivity index (χ3v) is 5.94. The van der Waals surface area contributed by atoms with Crippen LogP contribution in [0.2, 0.25) is 0 Å². The summed E-state index contributed by atoms with van der Waals surface area (Å²) < 4.78 is 27.0. The van der Waals surface area contributed by atoms with Crippen molar-refractivity contribution >= 4 is 31.9 Å². The summed E-state index contributed by atoms with van der Waals surface area (Å²) in [6, 6.07) is 3.97. The van der Waals surface area contributed by atoms with E-state index in [9.17, 15) is 13.2 Å². The van der Waals surface area contributed by atoms with Crippen LogP contribution >= 0.6 is 15.9 Å². The van der Waals surface area contributed by atoms with E-state index in [4.69, 9.17) is 5.11 Å². The number of carboxylic acids is 1. The van der Waals surface area contributed by atoms with Crippen molar-refractivity contribution < 1.29 is 18.3 Å². The summed E-state index contributed by atoms with van der Waals surface area (Å²) >= 11 is 3.18. The molecule has 0 amide bonds. The van der Waals surface area contributed by atoms with Crippen molar-refractivity contribution in [2.75, 3.05) is 6.54 Å². The molecule has 1 aliphatic carbocycles. The van der Waals surface area contributed by atoms with Gasteiger partial charge in [-0.1, -0.05) is 6.08 Å². The lowest BCUT2D eigenvalue weighted by atomic mass is 10.2. The van der Waals surface area contributed by atoms with Crippen LogP contribution in [0.1, 0.15) is 23.2 Å². The number of hydrogen-bond donors (Lipinski definition) is 1. The van der Waals surface area contributed by atoms with E-state index < -0.39 is 16.0 Å². The maximum absolute atomic E-state index is 12.7. The third-order valence-electron chi connectivity index (χ3n) is 3.03.